The molecule has 1 aliphatic carbocycles. The third-order valence-corrected chi connectivity index (χ3v) is 4.35. The second-order valence-corrected chi connectivity index (χ2v) is 5.10. The maximum Gasteiger partial charge on any atom is 0.314 e. The van der Waals surface area contributed by atoms with E-state index in [0.717, 1.165) is 31.2 Å². The first-order valence-electron chi connectivity index (χ1n) is 6.44. The molecule has 0 radical (unpaired) electrons. The number of benzene rings is 1. The minimum Gasteiger partial charge on any atom is -0.481 e. The number of carboxylic acids is 1. The molecule has 92 valence electrons. The predicted octanol–water partition coefficient (Wildman–Crippen LogP) is 3.39. The van der Waals surface area contributed by atoms with Crippen molar-refractivity contribution in [2.75, 3.05) is 0 Å². The van der Waals surface area contributed by atoms with Crippen molar-refractivity contribution in [3.05, 3.63) is 35.4 Å². The van der Waals surface area contributed by atoms with Crippen LogP contribution in [0.15, 0.2) is 24.3 Å². The van der Waals surface area contributed by atoms with Gasteiger partial charge < -0.3 is 5.11 Å². The van der Waals surface area contributed by atoms with E-state index >= 15 is 0 Å². The first-order valence-corrected chi connectivity index (χ1v) is 6.44. The molecule has 1 aromatic carbocycles. The van der Waals surface area contributed by atoms with E-state index in [1.165, 1.54) is 5.56 Å². The molecule has 0 saturated carbocycles. The van der Waals surface area contributed by atoms with E-state index in [4.69, 9.17) is 0 Å². The van der Waals surface area contributed by atoms with Gasteiger partial charge in [0.2, 0.25) is 0 Å². The van der Waals surface area contributed by atoms with E-state index in [9.17, 15) is 9.90 Å². The SMILES string of the molecule is CCC(C)C1(C(=O)O)CCCc2ccccc21. The summed E-state index contributed by atoms with van der Waals surface area (Å²) in [4.78, 5) is 11.8. The van der Waals surface area contributed by atoms with Crippen LogP contribution in [-0.2, 0) is 16.6 Å². The Morgan fingerprint density at radius 3 is 2.82 bits per heavy atom. The van der Waals surface area contributed by atoms with Crippen LogP contribution >= 0.6 is 0 Å². The van der Waals surface area contributed by atoms with Crippen LogP contribution in [-0.4, -0.2) is 11.1 Å². The van der Waals surface area contributed by atoms with Gasteiger partial charge in [-0.15, -0.1) is 0 Å². The van der Waals surface area contributed by atoms with Crippen molar-refractivity contribution < 1.29 is 9.90 Å². The first-order chi connectivity index (χ1) is 8.13. The smallest absolute Gasteiger partial charge is 0.314 e. The van der Waals surface area contributed by atoms with E-state index in [-0.39, 0.29) is 5.92 Å². The van der Waals surface area contributed by atoms with Crippen molar-refractivity contribution >= 4 is 5.97 Å². The molecule has 0 aliphatic heterocycles. The molecule has 2 rings (SSSR count). The van der Waals surface area contributed by atoms with E-state index in [2.05, 4.69) is 19.9 Å². The molecule has 0 spiro atoms. The van der Waals surface area contributed by atoms with E-state index in [1.807, 2.05) is 18.2 Å². The number of hydrogen-bond acceptors (Lipinski definition) is 1. The van der Waals surface area contributed by atoms with Crippen LogP contribution in [0.2, 0.25) is 0 Å². The van der Waals surface area contributed by atoms with Gasteiger partial charge in [-0.3, -0.25) is 4.79 Å². The lowest BCUT2D eigenvalue weighted by atomic mass is 9.62. The van der Waals surface area contributed by atoms with E-state index in [1.54, 1.807) is 0 Å². The zero-order chi connectivity index (χ0) is 12.5. The highest BCUT2D eigenvalue weighted by Gasteiger charge is 2.46. The second-order valence-electron chi connectivity index (χ2n) is 5.10. The monoisotopic (exact) mass is 232 g/mol. The molecule has 2 nitrogen and oxygen atoms in total. The summed E-state index contributed by atoms with van der Waals surface area (Å²) in [6.07, 6.45) is 3.67. The summed E-state index contributed by atoms with van der Waals surface area (Å²) in [7, 11) is 0. The summed E-state index contributed by atoms with van der Waals surface area (Å²) >= 11 is 0. The van der Waals surface area contributed by atoms with Crippen LogP contribution in [0, 0.1) is 5.92 Å². The van der Waals surface area contributed by atoms with Crippen molar-refractivity contribution in [2.45, 2.75) is 44.9 Å². The fraction of sp³-hybridized carbons (Fsp3) is 0.533. The summed E-state index contributed by atoms with van der Waals surface area (Å²) in [6.45, 7) is 4.14. The van der Waals surface area contributed by atoms with Gasteiger partial charge in [0.25, 0.3) is 0 Å². The van der Waals surface area contributed by atoms with Crippen LogP contribution in [0.5, 0.6) is 0 Å². The van der Waals surface area contributed by atoms with Crippen molar-refractivity contribution in [1.29, 1.82) is 0 Å². The van der Waals surface area contributed by atoms with Gasteiger partial charge in [0.15, 0.2) is 0 Å². The minimum absolute atomic E-state index is 0.182. The fourth-order valence-electron chi connectivity index (χ4n) is 3.16. The average molecular weight is 232 g/mol. The highest BCUT2D eigenvalue weighted by atomic mass is 16.4. The molecule has 0 bridgehead atoms. The third kappa shape index (κ3) is 1.76. The Morgan fingerprint density at radius 2 is 2.18 bits per heavy atom. The lowest BCUT2D eigenvalue weighted by Gasteiger charge is -2.40. The molecule has 0 fully saturated rings. The third-order valence-electron chi connectivity index (χ3n) is 4.35. The van der Waals surface area contributed by atoms with Crippen molar-refractivity contribution in [3.63, 3.8) is 0 Å². The number of aryl methyl sites for hydroxylation is 1. The lowest BCUT2D eigenvalue weighted by molar-refractivity contribution is -0.147. The molecule has 17 heavy (non-hydrogen) atoms. The molecule has 0 aromatic heterocycles. The Labute approximate surface area is 103 Å². The molecule has 2 heteroatoms. The Hall–Kier alpha value is -1.31. The summed E-state index contributed by atoms with van der Waals surface area (Å²) in [5.41, 5.74) is 1.61. The number of rotatable bonds is 3. The average Bonchev–Trinajstić information content (AvgIpc) is 2.36. The van der Waals surface area contributed by atoms with Crippen molar-refractivity contribution in [2.24, 2.45) is 5.92 Å². The first kappa shape index (κ1) is 12.2. The number of carboxylic acid groups (broad SMARTS) is 1. The lowest BCUT2D eigenvalue weighted by Crippen LogP contribution is -2.44. The summed E-state index contributed by atoms with van der Waals surface area (Å²) in [5, 5.41) is 9.74. The van der Waals surface area contributed by atoms with Gasteiger partial charge in [-0.2, -0.15) is 0 Å². The van der Waals surface area contributed by atoms with E-state index < -0.39 is 11.4 Å². The minimum atomic E-state index is -0.663. The van der Waals surface area contributed by atoms with Crippen LogP contribution in [0.3, 0.4) is 0 Å². The second kappa shape index (κ2) is 4.52. The molecule has 0 heterocycles. The Bertz CT molecular complexity index is 425. The van der Waals surface area contributed by atoms with Gasteiger partial charge in [-0.25, -0.2) is 0 Å². The summed E-state index contributed by atoms with van der Waals surface area (Å²) in [6, 6.07) is 8.06. The molecule has 2 atom stereocenters. The standard InChI is InChI=1S/C15H20O2/c1-3-11(2)15(14(16)17)10-6-8-12-7-4-5-9-13(12)15/h4-5,7,9,11H,3,6,8,10H2,1-2H3,(H,16,17). The van der Waals surface area contributed by atoms with Gasteiger partial charge in [-0.05, 0) is 36.3 Å². The van der Waals surface area contributed by atoms with Crippen molar-refractivity contribution in [3.8, 4) is 0 Å². The summed E-state index contributed by atoms with van der Waals surface area (Å²) in [5.74, 6) is -0.472. The summed E-state index contributed by atoms with van der Waals surface area (Å²) < 4.78 is 0. The molecular weight excluding hydrogens is 212 g/mol. The van der Waals surface area contributed by atoms with Gasteiger partial charge in [-0.1, -0.05) is 44.5 Å². The fourth-order valence-corrected chi connectivity index (χ4v) is 3.16. The van der Waals surface area contributed by atoms with Crippen LogP contribution in [0.25, 0.3) is 0 Å². The Morgan fingerprint density at radius 1 is 1.47 bits per heavy atom. The molecule has 2 unspecified atom stereocenters. The maximum atomic E-state index is 11.8. The Kier molecular flexibility index (Phi) is 3.23. The number of hydrogen-bond donors (Lipinski definition) is 1. The number of carbonyl (C=O) groups is 1. The molecule has 1 aromatic rings. The zero-order valence-corrected chi connectivity index (χ0v) is 10.6. The van der Waals surface area contributed by atoms with Crippen molar-refractivity contribution in [1.82, 2.24) is 0 Å². The number of fused-ring (bicyclic) bond motifs is 1. The van der Waals surface area contributed by atoms with Gasteiger partial charge in [0.05, 0.1) is 5.41 Å². The molecule has 1 aliphatic rings. The maximum absolute atomic E-state index is 11.8. The highest BCUT2D eigenvalue weighted by molar-refractivity contribution is 5.82. The largest absolute Gasteiger partial charge is 0.481 e. The predicted molar refractivity (Wildman–Crippen MR) is 68.1 cm³/mol. The van der Waals surface area contributed by atoms with E-state index in [0.29, 0.717) is 0 Å². The molecule has 0 amide bonds. The van der Waals surface area contributed by atoms with Crippen LogP contribution in [0.1, 0.15) is 44.2 Å². The molecular formula is C15H20O2. The Balaban J connectivity index is 2.59. The zero-order valence-electron chi connectivity index (χ0n) is 10.6. The molecule has 0 saturated heterocycles. The number of aliphatic carboxylic acids is 1. The van der Waals surface area contributed by atoms with Gasteiger partial charge >= 0.3 is 5.97 Å². The van der Waals surface area contributed by atoms with Crippen LogP contribution < -0.4 is 0 Å². The highest BCUT2D eigenvalue weighted by Crippen LogP contribution is 2.44. The van der Waals surface area contributed by atoms with Gasteiger partial charge in [0.1, 0.15) is 0 Å². The normalized spacial score (nSPS) is 25.1. The quantitative estimate of drug-likeness (QED) is 0.867. The van der Waals surface area contributed by atoms with Gasteiger partial charge in [0, 0.05) is 0 Å². The topological polar surface area (TPSA) is 37.3 Å². The van der Waals surface area contributed by atoms with Crippen LogP contribution in [0.4, 0.5) is 0 Å². The molecule has 1 N–H and O–H groups in total.